The lowest BCUT2D eigenvalue weighted by atomic mass is 10.0. The molecule has 1 saturated carbocycles. The van der Waals surface area contributed by atoms with E-state index in [0.717, 1.165) is 21.5 Å². The van der Waals surface area contributed by atoms with Crippen LogP contribution in [0.2, 0.25) is 10.0 Å². The Morgan fingerprint density at radius 1 is 1.14 bits per heavy atom. The number of hydrogen-bond donors (Lipinski definition) is 3. The summed E-state index contributed by atoms with van der Waals surface area (Å²) in [4.78, 5) is 34.8. The third kappa shape index (κ3) is 3.93. The fourth-order valence-corrected chi connectivity index (χ4v) is 6.59. The number of carbonyl (C=O) groups excluding carboxylic acids is 1. The normalized spacial score (nSPS) is 20.5. The van der Waals surface area contributed by atoms with Crippen LogP contribution in [0.3, 0.4) is 0 Å². The van der Waals surface area contributed by atoms with Crippen molar-refractivity contribution >= 4 is 62.3 Å². The number of nitrogens with one attached hydrogen (secondary N) is 2. The van der Waals surface area contributed by atoms with Gasteiger partial charge in [-0.05, 0) is 23.3 Å². The van der Waals surface area contributed by atoms with Gasteiger partial charge >= 0.3 is 5.97 Å². The molecule has 36 heavy (non-hydrogen) atoms. The number of piperidine rings is 1. The van der Waals surface area contributed by atoms with Gasteiger partial charge in [0.2, 0.25) is 0 Å². The first kappa shape index (κ1) is 23.3. The second-order valence-electron chi connectivity index (χ2n) is 9.38. The highest BCUT2D eigenvalue weighted by molar-refractivity contribution is 7.17. The van der Waals surface area contributed by atoms with Crippen LogP contribution < -0.4 is 10.2 Å². The van der Waals surface area contributed by atoms with E-state index in [0.29, 0.717) is 35.9 Å². The van der Waals surface area contributed by atoms with Crippen molar-refractivity contribution < 1.29 is 14.7 Å². The second kappa shape index (κ2) is 8.80. The number of H-pyrrole nitrogens is 1. The van der Waals surface area contributed by atoms with E-state index in [4.69, 9.17) is 28.2 Å². The fraction of sp³-hybridized carbons (Fsp3) is 0.269. The van der Waals surface area contributed by atoms with Gasteiger partial charge in [0.1, 0.15) is 10.6 Å². The van der Waals surface area contributed by atoms with E-state index in [1.165, 1.54) is 11.3 Å². The molecule has 2 fully saturated rings. The Labute approximate surface area is 221 Å². The maximum absolute atomic E-state index is 12.7. The van der Waals surface area contributed by atoms with Crippen LogP contribution in [0.4, 0.5) is 5.13 Å². The number of thiazole rings is 1. The number of aryl methyl sites for hydroxylation is 1. The molecular formula is C26H22Cl2N4O3S. The summed E-state index contributed by atoms with van der Waals surface area (Å²) < 4.78 is 0. The highest BCUT2D eigenvalue weighted by atomic mass is 35.5. The lowest BCUT2D eigenvalue weighted by Gasteiger charge is -2.19. The van der Waals surface area contributed by atoms with Gasteiger partial charge in [-0.25, -0.2) is 9.78 Å². The van der Waals surface area contributed by atoms with Crippen LogP contribution in [0.1, 0.15) is 37.1 Å². The number of carboxylic acid groups (broad SMARTS) is 1. The number of aromatic carboxylic acids is 1. The molecule has 4 aromatic rings. The Kier molecular flexibility index (Phi) is 5.70. The molecule has 6 rings (SSSR count). The number of aromatic nitrogens is 2. The van der Waals surface area contributed by atoms with Crippen molar-refractivity contribution in [3.63, 3.8) is 0 Å². The molecule has 7 nitrogen and oxygen atoms in total. The molecule has 10 heteroatoms. The van der Waals surface area contributed by atoms with Crippen molar-refractivity contribution in [1.82, 2.24) is 15.3 Å². The number of carbonyl (C=O) groups is 2. The Bertz CT molecular complexity index is 1510. The summed E-state index contributed by atoms with van der Waals surface area (Å²) in [6, 6.07) is 14.2. The van der Waals surface area contributed by atoms with Crippen molar-refractivity contribution in [3.8, 4) is 0 Å². The highest BCUT2D eigenvalue weighted by Crippen LogP contribution is 2.48. The molecule has 184 valence electrons. The fourth-order valence-electron chi connectivity index (χ4n) is 5.24. The lowest BCUT2D eigenvalue weighted by molar-refractivity contribution is 0.0700. The Morgan fingerprint density at radius 2 is 1.86 bits per heavy atom. The summed E-state index contributed by atoms with van der Waals surface area (Å²) in [6.45, 7) is 3.20. The predicted octanol–water partition coefficient (Wildman–Crippen LogP) is 5.39. The van der Waals surface area contributed by atoms with Gasteiger partial charge in [-0.1, -0.05) is 77.0 Å². The van der Waals surface area contributed by atoms with Gasteiger partial charge < -0.3 is 20.3 Å². The Morgan fingerprint density at radius 3 is 2.56 bits per heavy atom. The quantitative estimate of drug-likeness (QED) is 0.304. The predicted molar refractivity (Wildman–Crippen MR) is 142 cm³/mol. The number of aromatic amines is 1. The first-order valence-corrected chi connectivity index (χ1v) is 13.2. The summed E-state index contributed by atoms with van der Waals surface area (Å²) in [7, 11) is 0. The minimum absolute atomic E-state index is 0.0567. The van der Waals surface area contributed by atoms with Crippen LogP contribution in [-0.2, 0) is 6.42 Å². The minimum Gasteiger partial charge on any atom is -0.477 e. The molecule has 1 amide bonds. The van der Waals surface area contributed by atoms with Gasteiger partial charge in [-0.2, -0.15) is 0 Å². The van der Waals surface area contributed by atoms with Crippen LogP contribution in [0.25, 0.3) is 10.8 Å². The number of rotatable bonds is 6. The van der Waals surface area contributed by atoms with Crippen molar-refractivity contribution in [2.75, 3.05) is 18.0 Å². The molecule has 3 N–H and O–H groups in total. The molecule has 0 bridgehead atoms. The summed E-state index contributed by atoms with van der Waals surface area (Å²) >= 11 is 13.5. The standard InChI is InChI=1S/C26H22Cl2N4O3S/c1-12-19(27)20(28)22(29-12)24(33)31-21-16-10-32(11-17(16)21)26-30-18(23(36-26)25(34)35)9-14-7-4-6-13-5-2-3-8-15(13)14/h2-8,16-17,21,29H,9-11H2,1H3,(H,31,33)(H,34,35)/t16-,17+,21-. The number of nitrogens with zero attached hydrogens (tertiary/aromatic N) is 2. The van der Waals surface area contributed by atoms with Crippen LogP contribution >= 0.6 is 34.5 Å². The van der Waals surface area contributed by atoms with E-state index in [1.54, 1.807) is 6.92 Å². The summed E-state index contributed by atoms with van der Waals surface area (Å²) in [6.07, 6.45) is 0.456. The molecular weight excluding hydrogens is 519 g/mol. The monoisotopic (exact) mass is 540 g/mol. The maximum atomic E-state index is 12.7. The average Bonchev–Trinajstić information content (AvgIpc) is 3.22. The topological polar surface area (TPSA) is 98.3 Å². The molecule has 2 aromatic heterocycles. The van der Waals surface area contributed by atoms with E-state index in [9.17, 15) is 14.7 Å². The molecule has 1 aliphatic heterocycles. The number of amides is 1. The molecule has 1 aliphatic carbocycles. The zero-order valence-corrected chi connectivity index (χ0v) is 21.5. The molecule has 0 radical (unpaired) electrons. The summed E-state index contributed by atoms with van der Waals surface area (Å²) in [5, 5.41) is 16.4. The minimum atomic E-state index is -0.958. The SMILES string of the molecule is Cc1[nH]c(C(=O)N[C@@H]2[C@@H]3CN(c4nc(Cc5cccc6ccccc56)c(C(=O)O)s4)C[C@@H]32)c(Cl)c1Cl. The summed E-state index contributed by atoms with van der Waals surface area (Å²) in [5.74, 6) is -0.642. The van der Waals surface area contributed by atoms with Gasteiger partial charge in [-0.3, -0.25) is 4.79 Å². The first-order chi connectivity index (χ1) is 17.3. The third-order valence-corrected chi connectivity index (χ3v) is 9.25. The lowest BCUT2D eigenvalue weighted by Crippen LogP contribution is -2.34. The van der Waals surface area contributed by atoms with E-state index in [1.807, 2.05) is 24.3 Å². The van der Waals surface area contributed by atoms with E-state index in [2.05, 4.69) is 33.4 Å². The van der Waals surface area contributed by atoms with Crippen molar-refractivity contribution in [2.45, 2.75) is 19.4 Å². The molecule has 3 atom stereocenters. The largest absolute Gasteiger partial charge is 0.477 e. The molecule has 2 aliphatic rings. The van der Waals surface area contributed by atoms with Crippen LogP contribution in [-0.4, -0.2) is 46.1 Å². The first-order valence-electron chi connectivity index (χ1n) is 11.6. The van der Waals surface area contributed by atoms with Crippen LogP contribution in [0.15, 0.2) is 42.5 Å². The number of benzene rings is 2. The zero-order chi connectivity index (χ0) is 25.1. The second-order valence-corrected chi connectivity index (χ2v) is 11.1. The van der Waals surface area contributed by atoms with Crippen molar-refractivity contribution in [1.29, 1.82) is 0 Å². The molecule has 0 spiro atoms. The van der Waals surface area contributed by atoms with Crippen molar-refractivity contribution in [3.05, 3.63) is 80.0 Å². The van der Waals surface area contributed by atoms with Crippen LogP contribution in [0.5, 0.6) is 0 Å². The van der Waals surface area contributed by atoms with E-state index in [-0.39, 0.29) is 39.4 Å². The van der Waals surface area contributed by atoms with E-state index >= 15 is 0 Å². The number of halogens is 2. The van der Waals surface area contributed by atoms with Gasteiger partial charge in [0.05, 0.1) is 15.7 Å². The number of carboxylic acids is 1. The number of fused-ring (bicyclic) bond motifs is 2. The Hall–Kier alpha value is -3.07. The smallest absolute Gasteiger partial charge is 0.347 e. The molecule has 3 heterocycles. The van der Waals surface area contributed by atoms with Gasteiger partial charge in [0, 0.05) is 43.1 Å². The third-order valence-electron chi connectivity index (χ3n) is 7.16. The maximum Gasteiger partial charge on any atom is 0.347 e. The van der Waals surface area contributed by atoms with Gasteiger partial charge in [0.25, 0.3) is 5.91 Å². The van der Waals surface area contributed by atoms with E-state index < -0.39 is 5.97 Å². The summed E-state index contributed by atoms with van der Waals surface area (Å²) in [5.41, 5.74) is 2.58. The molecule has 1 saturated heterocycles. The Balaban J connectivity index is 1.16. The van der Waals surface area contributed by atoms with Gasteiger partial charge in [0.15, 0.2) is 5.13 Å². The zero-order valence-electron chi connectivity index (χ0n) is 19.2. The van der Waals surface area contributed by atoms with Crippen molar-refractivity contribution in [2.24, 2.45) is 11.8 Å². The molecule has 0 unspecified atom stereocenters. The van der Waals surface area contributed by atoms with Gasteiger partial charge in [-0.15, -0.1) is 0 Å². The number of anilines is 1. The number of hydrogen-bond acceptors (Lipinski definition) is 5. The average molecular weight is 541 g/mol. The van der Waals surface area contributed by atoms with Crippen LogP contribution in [0, 0.1) is 18.8 Å². The molecule has 2 aromatic carbocycles. The highest BCUT2D eigenvalue weighted by Gasteiger charge is 2.57.